The molecule has 1 unspecified atom stereocenters. The first-order valence-corrected chi connectivity index (χ1v) is 5.80. The minimum absolute atomic E-state index is 0.0238. The van der Waals surface area contributed by atoms with Crippen molar-refractivity contribution in [3.8, 4) is 0 Å². The Morgan fingerprint density at radius 3 is 2.88 bits per heavy atom. The zero-order valence-electron chi connectivity index (χ0n) is 10.3. The largest absolute Gasteiger partial charge is 0.355 e. The van der Waals surface area contributed by atoms with Crippen molar-refractivity contribution < 1.29 is 9.18 Å². The third-order valence-electron chi connectivity index (χ3n) is 2.56. The Morgan fingerprint density at radius 1 is 1.47 bits per heavy atom. The quantitative estimate of drug-likeness (QED) is 0.785. The van der Waals surface area contributed by atoms with Crippen LogP contribution < -0.4 is 10.6 Å². The first kappa shape index (κ1) is 13.6. The van der Waals surface area contributed by atoms with Crippen LogP contribution in [-0.2, 0) is 11.2 Å². The molecule has 0 heterocycles. The van der Waals surface area contributed by atoms with Crippen LogP contribution in [0.2, 0.25) is 0 Å². The lowest BCUT2D eigenvalue weighted by atomic mass is 10.1. The van der Waals surface area contributed by atoms with Crippen molar-refractivity contribution in [2.75, 3.05) is 20.1 Å². The van der Waals surface area contributed by atoms with E-state index in [4.69, 9.17) is 0 Å². The Morgan fingerprint density at radius 2 is 2.24 bits per heavy atom. The molecule has 0 aliphatic rings. The average molecular weight is 238 g/mol. The Kier molecular flexibility index (Phi) is 5.63. The van der Waals surface area contributed by atoms with Crippen LogP contribution in [0.3, 0.4) is 0 Å². The summed E-state index contributed by atoms with van der Waals surface area (Å²) in [7, 11) is 1.82. The summed E-state index contributed by atoms with van der Waals surface area (Å²) >= 11 is 0. The van der Waals surface area contributed by atoms with Crippen LogP contribution >= 0.6 is 0 Å². The second kappa shape index (κ2) is 7.01. The third-order valence-corrected chi connectivity index (χ3v) is 2.56. The van der Waals surface area contributed by atoms with Crippen LogP contribution in [0.25, 0.3) is 0 Å². The molecule has 0 saturated carbocycles. The summed E-state index contributed by atoms with van der Waals surface area (Å²) in [6.07, 6.45) is 0.649. The fourth-order valence-electron chi connectivity index (χ4n) is 1.60. The summed E-state index contributed by atoms with van der Waals surface area (Å²) in [4.78, 5) is 11.6. The summed E-state index contributed by atoms with van der Waals surface area (Å²) < 4.78 is 12.9. The highest BCUT2D eigenvalue weighted by Crippen LogP contribution is 2.03. The van der Waals surface area contributed by atoms with Crippen molar-refractivity contribution in [3.05, 3.63) is 35.6 Å². The number of benzene rings is 1. The molecule has 0 aromatic heterocycles. The number of halogens is 1. The molecule has 0 aliphatic heterocycles. The maximum atomic E-state index is 12.9. The van der Waals surface area contributed by atoms with Gasteiger partial charge in [0, 0.05) is 19.0 Å². The minimum Gasteiger partial charge on any atom is -0.355 e. The monoisotopic (exact) mass is 238 g/mol. The fraction of sp³-hybridized carbons (Fsp3) is 0.462. The van der Waals surface area contributed by atoms with Crippen LogP contribution in [0.5, 0.6) is 0 Å². The molecule has 1 aromatic carbocycles. The van der Waals surface area contributed by atoms with Gasteiger partial charge in [0.05, 0.1) is 0 Å². The van der Waals surface area contributed by atoms with Gasteiger partial charge in [-0.25, -0.2) is 4.39 Å². The minimum atomic E-state index is -0.239. The molecule has 1 aromatic rings. The second-order valence-corrected chi connectivity index (χ2v) is 4.13. The fourth-order valence-corrected chi connectivity index (χ4v) is 1.60. The van der Waals surface area contributed by atoms with E-state index in [1.807, 2.05) is 20.0 Å². The van der Waals surface area contributed by atoms with Crippen LogP contribution in [0.15, 0.2) is 24.3 Å². The molecule has 0 saturated heterocycles. The number of amides is 1. The lowest BCUT2D eigenvalue weighted by molar-refractivity contribution is -0.124. The molecule has 0 radical (unpaired) electrons. The Bertz CT molecular complexity index is 368. The van der Waals surface area contributed by atoms with E-state index in [1.165, 1.54) is 12.1 Å². The summed E-state index contributed by atoms with van der Waals surface area (Å²) in [6, 6.07) is 6.43. The smallest absolute Gasteiger partial charge is 0.224 e. The van der Waals surface area contributed by atoms with Gasteiger partial charge in [0.1, 0.15) is 5.82 Å². The molecule has 0 aliphatic carbocycles. The number of nitrogens with one attached hydrogen (secondary N) is 2. The maximum Gasteiger partial charge on any atom is 0.224 e. The topological polar surface area (TPSA) is 41.1 Å². The number of rotatable bonds is 6. The molecule has 1 amide bonds. The van der Waals surface area contributed by atoms with Gasteiger partial charge in [-0.15, -0.1) is 0 Å². The molecule has 0 bridgehead atoms. The Balaban J connectivity index is 2.30. The molecule has 0 fully saturated rings. The number of carbonyl (C=O) groups excluding carboxylic acids is 1. The predicted octanol–water partition coefficient (Wildman–Crippen LogP) is 1.34. The van der Waals surface area contributed by atoms with Crippen molar-refractivity contribution >= 4 is 5.91 Å². The van der Waals surface area contributed by atoms with Gasteiger partial charge in [0.15, 0.2) is 0 Å². The lowest BCUT2D eigenvalue weighted by Crippen LogP contribution is -2.35. The highest BCUT2D eigenvalue weighted by molar-refractivity contribution is 5.78. The van der Waals surface area contributed by atoms with Gasteiger partial charge >= 0.3 is 0 Å². The van der Waals surface area contributed by atoms with E-state index in [-0.39, 0.29) is 17.6 Å². The molecule has 3 nitrogen and oxygen atoms in total. The van der Waals surface area contributed by atoms with Gasteiger partial charge in [0.25, 0.3) is 0 Å². The first-order valence-electron chi connectivity index (χ1n) is 5.80. The molecule has 94 valence electrons. The molecule has 17 heavy (non-hydrogen) atoms. The van der Waals surface area contributed by atoms with E-state index in [2.05, 4.69) is 10.6 Å². The Hall–Kier alpha value is -1.42. The molecule has 0 spiro atoms. The number of hydrogen-bond donors (Lipinski definition) is 2. The first-order chi connectivity index (χ1) is 8.13. The van der Waals surface area contributed by atoms with Crippen LogP contribution in [0.4, 0.5) is 4.39 Å². The number of hydrogen-bond acceptors (Lipinski definition) is 2. The van der Waals surface area contributed by atoms with Crippen LogP contribution in [0, 0.1) is 11.7 Å². The van der Waals surface area contributed by atoms with E-state index in [0.717, 1.165) is 5.56 Å². The molecule has 1 atom stereocenters. The van der Waals surface area contributed by atoms with E-state index >= 15 is 0 Å². The second-order valence-electron chi connectivity index (χ2n) is 4.13. The zero-order valence-corrected chi connectivity index (χ0v) is 10.3. The van der Waals surface area contributed by atoms with Crippen molar-refractivity contribution in [2.45, 2.75) is 13.3 Å². The van der Waals surface area contributed by atoms with E-state index in [1.54, 1.807) is 6.07 Å². The van der Waals surface area contributed by atoms with Crippen molar-refractivity contribution in [2.24, 2.45) is 5.92 Å². The highest BCUT2D eigenvalue weighted by atomic mass is 19.1. The van der Waals surface area contributed by atoms with E-state index < -0.39 is 0 Å². The summed E-state index contributed by atoms with van der Waals surface area (Å²) in [5.41, 5.74) is 0.895. The van der Waals surface area contributed by atoms with Crippen molar-refractivity contribution in [3.63, 3.8) is 0 Å². The Labute approximate surface area is 101 Å². The molecular weight excluding hydrogens is 219 g/mol. The van der Waals surface area contributed by atoms with Gasteiger partial charge in [-0.3, -0.25) is 4.79 Å². The summed E-state index contributed by atoms with van der Waals surface area (Å²) in [6.45, 7) is 3.07. The summed E-state index contributed by atoms with van der Waals surface area (Å²) in [5.74, 6) is -0.263. The molecule has 1 rings (SSSR count). The summed E-state index contributed by atoms with van der Waals surface area (Å²) in [5, 5.41) is 5.79. The molecule has 4 heteroatoms. The average Bonchev–Trinajstić information content (AvgIpc) is 2.29. The standard InChI is InChI=1S/C13H19FN2O/c1-10(9-15-2)13(17)16-7-6-11-4-3-5-12(14)8-11/h3-5,8,10,15H,6-7,9H2,1-2H3,(H,16,17). The van der Waals surface area contributed by atoms with Gasteiger partial charge in [-0.05, 0) is 31.2 Å². The lowest BCUT2D eigenvalue weighted by Gasteiger charge is -2.11. The highest BCUT2D eigenvalue weighted by Gasteiger charge is 2.10. The zero-order chi connectivity index (χ0) is 12.7. The number of carbonyl (C=O) groups is 1. The van der Waals surface area contributed by atoms with Crippen molar-refractivity contribution in [1.82, 2.24) is 10.6 Å². The van der Waals surface area contributed by atoms with Gasteiger partial charge < -0.3 is 10.6 Å². The van der Waals surface area contributed by atoms with Crippen LogP contribution in [0.1, 0.15) is 12.5 Å². The van der Waals surface area contributed by atoms with Crippen molar-refractivity contribution in [1.29, 1.82) is 0 Å². The maximum absolute atomic E-state index is 12.9. The van der Waals surface area contributed by atoms with Crippen LogP contribution in [-0.4, -0.2) is 26.0 Å². The van der Waals surface area contributed by atoms with Gasteiger partial charge in [-0.1, -0.05) is 19.1 Å². The third kappa shape index (κ3) is 4.95. The SMILES string of the molecule is CNCC(C)C(=O)NCCc1cccc(F)c1. The van der Waals surface area contributed by atoms with E-state index in [0.29, 0.717) is 19.5 Å². The normalized spacial score (nSPS) is 12.2. The molecule has 2 N–H and O–H groups in total. The predicted molar refractivity (Wildman–Crippen MR) is 66.2 cm³/mol. The molecular formula is C13H19FN2O. The van der Waals surface area contributed by atoms with Gasteiger partial charge in [-0.2, -0.15) is 0 Å². The van der Waals surface area contributed by atoms with E-state index in [9.17, 15) is 9.18 Å². The van der Waals surface area contributed by atoms with Gasteiger partial charge in [0.2, 0.25) is 5.91 Å².